The van der Waals surface area contributed by atoms with E-state index in [1.54, 1.807) is 24.3 Å². The number of nitrogens with one attached hydrogen (secondary N) is 2. The predicted molar refractivity (Wildman–Crippen MR) is 116 cm³/mol. The number of amides is 1. The van der Waals surface area contributed by atoms with Crippen LogP contribution in [0.3, 0.4) is 0 Å². The Morgan fingerprint density at radius 1 is 1.00 bits per heavy atom. The summed E-state index contributed by atoms with van der Waals surface area (Å²) in [5, 5.41) is 3.38. The van der Waals surface area contributed by atoms with E-state index in [0.29, 0.717) is 17.3 Å². The third-order valence-electron chi connectivity index (χ3n) is 4.74. The molecule has 2 aromatic carbocycles. The predicted octanol–water partition coefficient (Wildman–Crippen LogP) is 4.01. The van der Waals surface area contributed by atoms with E-state index >= 15 is 0 Å². The highest BCUT2D eigenvalue weighted by Crippen LogP contribution is 2.25. The fraction of sp³-hybridized carbons (Fsp3) is 0.350. The Morgan fingerprint density at radius 3 is 2.38 bits per heavy atom. The van der Waals surface area contributed by atoms with Crippen molar-refractivity contribution in [3.8, 4) is 0 Å². The maximum atomic E-state index is 12.7. The van der Waals surface area contributed by atoms with Crippen molar-refractivity contribution in [1.82, 2.24) is 10.2 Å². The molecule has 0 unspecified atom stereocenters. The molecular formula is C20H23Cl2N3O3S. The third-order valence-corrected chi connectivity index (χ3v) is 6.86. The van der Waals surface area contributed by atoms with Crippen molar-refractivity contribution < 1.29 is 13.2 Å². The molecule has 2 N–H and O–H groups in total. The maximum absolute atomic E-state index is 12.7. The molecule has 0 bridgehead atoms. The summed E-state index contributed by atoms with van der Waals surface area (Å²) < 4.78 is 27.9. The van der Waals surface area contributed by atoms with Crippen LogP contribution in [-0.4, -0.2) is 45.4 Å². The van der Waals surface area contributed by atoms with Crippen molar-refractivity contribution in [2.75, 3.05) is 30.9 Å². The fourth-order valence-electron chi connectivity index (χ4n) is 3.19. The minimum Gasteiger partial charge on any atom is -0.351 e. The average molecular weight is 456 g/mol. The van der Waals surface area contributed by atoms with E-state index in [4.69, 9.17) is 23.2 Å². The largest absolute Gasteiger partial charge is 0.351 e. The van der Waals surface area contributed by atoms with E-state index < -0.39 is 10.0 Å². The smallest absolute Gasteiger partial charge is 0.263 e. The minimum absolute atomic E-state index is 0.0383. The monoisotopic (exact) mass is 455 g/mol. The van der Waals surface area contributed by atoms with Gasteiger partial charge in [0.1, 0.15) is 4.90 Å². The topological polar surface area (TPSA) is 78.5 Å². The van der Waals surface area contributed by atoms with Crippen LogP contribution in [0.5, 0.6) is 0 Å². The van der Waals surface area contributed by atoms with E-state index in [1.165, 1.54) is 37.5 Å². The van der Waals surface area contributed by atoms with Gasteiger partial charge in [-0.05, 0) is 68.4 Å². The Morgan fingerprint density at radius 2 is 1.69 bits per heavy atom. The summed E-state index contributed by atoms with van der Waals surface area (Å²) in [5.74, 6) is -0.332. The second-order valence-electron chi connectivity index (χ2n) is 6.92. The van der Waals surface area contributed by atoms with Crippen molar-refractivity contribution >= 4 is 44.8 Å². The van der Waals surface area contributed by atoms with Gasteiger partial charge in [0, 0.05) is 29.4 Å². The Bertz CT molecular complexity index is 959. The number of rotatable bonds is 7. The minimum atomic E-state index is -3.96. The molecule has 29 heavy (non-hydrogen) atoms. The summed E-state index contributed by atoms with van der Waals surface area (Å²) >= 11 is 11.9. The van der Waals surface area contributed by atoms with Gasteiger partial charge in [-0.25, -0.2) is 8.42 Å². The van der Waals surface area contributed by atoms with E-state index in [0.717, 1.165) is 19.6 Å². The van der Waals surface area contributed by atoms with E-state index in [1.807, 2.05) is 0 Å². The van der Waals surface area contributed by atoms with Crippen molar-refractivity contribution in [3.63, 3.8) is 0 Å². The van der Waals surface area contributed by atoms with Crippen LogP contribution >= 0.6 is 23.2 Å². The maximum Gasteiger partial charge on any atom is 0.263 e. The van der Waals surface area contributed by atoms with Gasteiger partial charge in [0.2, 0.25) is 0 Å². The lowest BCUT2D eigenvalue weighted by Crippen LogP contribution is -2.37. The fourth-order valence-corrected chi connectivity index (χ4v) is 4.90. The van der Waals surface area contributed by atoms with Gasteiger partial charge < -0.3 is 10.2 Å². The van der Waals surface area contributed by atoms with Gasteiger partial charge in [-0.15, -0.1) is 0 Å². The van der Waals surface area contributed by atoms with Gasteiger partial charge >= 0.3 is 0 Å². The summed E-state index contributed by atoms with van der Waals surface area (Å²) in [6.45, 7) is 3.39. The number of anilines is 1. The molecule has 156 valence electrons. The van der Waals surface area contributed by atoms with Gasteiger partial charge in [0.05, 0.1) is 5.02 Å². The van der Waals surface area contributed by atoms with Crippen LogP contribution in [-0.2, 0) is 10.0 Å². The first-order chi connectivity index (χ1) is 13.8. The lowest BCUT2D eigenvalue weighted by molar-refractivity contribution is 0.0946. The number of benzene rings is 2. The average Bonchev–Trinajstić information content (AvgIpc) is 2.70. The van der Waals surface area contributed by atoms with E-state index in [-0.39, 0.29) is 21.4 Å². The van der Waals surface area contributed by atoms with Gasteiger partial charge in [0.15, 0.2) is 0 Å². The number of piperidine rings is 1. The number of halogens is 2. The Balaban J connectivity index is 1.67. The van der Waals surface area contributed by atoms with Crippen molar-refractivity contribution in [2.24, 2.45) is 0 Å². The van der Waals surface area contributed by atoms with Gasteiger partial charge in [-0.3, -0.25) is 9.52 Å². The lowest BCUT2D eigenvalue weighted by Gasteiger charge is -2.26. The Hall–Kier alpha value is -1.80. The van der Waals surface area contributed by atoms with E-state index in [9.17, 15) is 13.2 Å². The normalized spacial score (nSPS) is 15.1. The van der Waals surface area contributed by atoms with Crippen LogP contribution in [0, 0.1) is 0 Å². The third kappa shape index (κ3) is 6.09. The molecule has 3 rings (SSSR count). The summed E-state index contributed by atoms with van der Waals surface area (Å²) in [6, 6.07) is 10.5. The molecule has 0 aliphatic carbocycles. The number of carbonyl (C=O) groups excluding carboxylic acids is 1. The molecule has 2 aromatic rings. The molecule has 1 heterocycles. The summed E-state index contributed by atoms with van der Waals surface area (Å²) in [5.41, 5.74) is 0.589. The van der Waals surface area contributed by atoms with Crippen LogP contribution in [0.4, 0.5) is 5.69 Å². The SMILES string of the molecule is O=C(NCCN1CCCCC1)c1ccc(Cl)c(S(=O)(=O)Nc2ccc(Cl)cc2)c1. The number of nitrogens with zero attached hydrogens (tertiary/aromatic N) is 1. The van der Waals surface area contributed by atoms with Crippen molar-refractivity contribution in [1.29, 1.82) is 0 Å². The highest BCUT2D eigenvalue weighted by molar-refractivity contribution is 7.92. The first-order valence-corrected chi connectivity index (χ1v) is 11.7. The zero-order valence-corrected chi connectivity index (χ0v) is 18.2. The number of likely N-dealkylation sites (tertiary alicyclic amines) is 1. The molecule has 6 nitrogen and oxygen atoms in total. The van der Waals surface area contributed by atoms with Crippen molar-refractivity contribution in [3.05, 3.63) is 58.1 Å². The molecule has 0 atom stereocenters. The summed E-state index contributed by atoms with van der Waals surface area (Å²) in [7, 11) is -3.96. The molecule has 9 heteroatoms. The Kier molecular flexibility index (Phi) is 7.40. The first kappa shape index (κ1) is 21.9. The second-order valence-corrected chi connectivity index (χ2v) is 9.41. The molecule has 0 saturated carbocycles. The van der Waals surface area contributed by atoms with E-state index in [2.05, 4.69) is 14.9 Å². The highest BCUT2D eigenvalue weighted by Gasteiger charge is 2.20. The van der Waals surface area contributed by atoms with Crippen LogP contribution in [0.25, 0.3) is 0 Å². The highest BCUT2D eigenvalue weighted by atomic mass is 35.5. The number of sulfonamides is 1. The molecule has 0 aromatic heterocycles. The van der Waals surface area contributed by atoms with Gasteiger partial charge in [-0.2, -0.15) is 0 Å². The standard InChI is InChI=1S/C20H23Cl2N3O3S/c21-16-5-7-17(8-6-16)24-29(27,28)19-14-15(4-9-18(19)22)20(26)23-10-13-25-11-2-1-3-12-25/h4-9,14,24H,1-3,10-13H2,(H,23,26). The second kappa shape index (κ2) is 9.80. The molecule has 1 fully saturated rings. The van der Waals surface area contributed by atoms with Crippen LogP contribution in [0.2, 0.25) is 10.0 Å². The Labute approximate surface area is 181 Å². The molecule has 0 spiro atoms. The zero-order valence-electron chi connectivity index (χ0n) is 15.8. The van der Waals surface area contributed by atoms with Crippen LogP contribution in [0.15, 0.2) is 47.4 Å². The lowest BCUT2D eigenvalue weighted by atomic mass is 10.1. The van der Waals surface area contributed by atoms with Gasteiger partial charge in [-0.1, -0.05) is 29.6 Å². The van der Waals surface area contributed by atoms with Crippen molar-refractivity contribution in [2.45, 2.75) is 24.2 Å². The zero-order chi connectivity index (χ0) is 20.9. The number of hydrogen-bond donors (Lipinski definition) is 2. The molecule has 1 amide bonds. The van der Waals surface area contributed by atoms with Gasteiger partial charge in [0.25, 0.3) is 15.9 Å². The summed E-state index contributed by atoms with van der Waals surface area (Å²) in [6.07, 6.45) is 3.63. The summed E-state index contributed by atoms with van der Waals surface area (Å²) in [4.78, 5) is 14.6. The van der Waals surface area contributed by atoms with Crippen LogP contribution in [0.1, 0.15) is 29.6 Å². The molecule has 1 aliphatic heterocycles. The quantitative estimate of drug-likeness (QED) is 0.660. The molecule has 0 radical (unpaired) electrons. The number of hydrogen-bond acceptors (Lipinski definition) is 4. The molecule has 1 aliphatic rings. The van der Waals surface area contributed by atoms with Crippen LogP contribution < -0.4 is 10.0 Å². The first-order valence-electron chi connectivity index (χ1n) is 9.44. The molecular weight excluding hydrogens is 433 g/mol. The number of carbonyl (C=O) groups is 1. The molecule has 1 saturated heterocycles.